The zero-order chi connectivity index (χ0) is 13.8. The Morgan fingerprint density at radius 3 is 2.37 bits per heavy atom. The standard InChI is InChI=1S/C17H20FN/c1-12-4-3-5-14(8-12)17(6-7-19)15-9-13(2)10-16(18)11-15/h3-5,8-11,17H,6-7,19H2,1-2H3. The predicted molar refractivity (Wildman–Crippen MR) is 77.8 cm³/mol. The third-order valence-electron chi connectivity index (χ3n) is 3.37. The molecule has 100 valence electrons. The van der Waals surface area contributed by atoms with Crippen LogP contribution < -0.4 is 5.73 Å². The summed E-state index contributed by atoms with van der Waals surface area (Å²) in [6.07, 6.45) is 0.826. The maximum Gasteiger partial charge on any atom is 0.123 e. The average molecular weight is 257 g/mol. The highest BCUT2D eigenvalue weighted by atomic mass is 19.1. The van der Waals surface area contributed by atoms with Gasteiger partial charge in [0.25, 0.3) is 0 Å². The van der Waals surface area contributed by atoms with Gasteiger partial charge in [0.15, 0.2) is 0 Å². The molecule has 2 heteroatoms. The molecule has 0 saturated carbocycles. The van der Waals surface area contributed by atoms with Crippen molar-refractivity contribution in [2.24, 2.45) is 5.73 Å². The zero-order valence-corrected chi connectivity index (χ0v) is 11.5. The summed E-state index contributed by atoms with van der Waals surface area (Å²) in [5, 5.41) is 0. The Hall–Kier alpha value is -1.67. The van der Waals surface area contributed by atoms with Crippen LogP contribution in [0.25, 0.3) is 0 Å². The first-order valence-corrected chi connectivity index (χ1v) is 6.64. The molecule has 0 fully saturated rings. The Labute approximate surface area is 114 Å². The second-order valence-electron chi connectivity index (χ2n) is 5.11. The molecule has 1 nitrogen and oxygen atoms in total. The highest BCUT2D eigenvalue weighted by Gasteiger charge is 2.14. The van der Waals surface area contributed by atoms with E-state index in [0.717, 1.165) is 17.5 Å². The minimum atomic E-state index is -0.176. The Balaban J connectivity index is 2.44. The lowest BCUT2D eigenvalue weighted by atomic mass is 9.87. The third kappa shape index (κ3) is 3.42. The smallest absolute Gasteiger partial charge is 0.123 e. The first kappa shape index (κ1) is 13.8. The molecule has 0 aliphatic carbocycles. The normalized spacial score (nSPS) is 12.4. The second-order valence-corrected chi connectivity index (χ2v) is 5.11. The molecular formula is C17H20FN. The SMILES string of the molecule is Cc1cccc(C(CCN)c2cc(C)cc(F)c2)c1. The van der Waals surface area contributed by atoms with E-state index in [2.05, 4.69) is 25.1 Å². The quantitative estimate of drug-likeness (QED) is 0.882. The van der Waals surface area contributed by atoms with E-state index in [0.29, 0.717) is 6.54 Å². The lowest BCUT2D eigenvalue weighted by Gasteiger charge is -2.18. The van der Waals surface area contributed by atoms with Gasteiger partial charge in [-0.1, -0.05) is 35.9 Å². The van der Waals surface area contributed by atoms with Gasteiger partial charge in [-0.25, -0.2) is 4.39 Å². The van der Waals surface area contributed by atoms with E-state index in [9.17, 15) is 4.39 Å². The van der Waals surface area contributed by atoms with Gasteiger partial charge in [-0.3, -0.25) is 0 Å². The van der Waals surface area contributed by atoms with Gasteiger partial charge in [0.1, 0.15) is 5.82 Å². The van der Waals surface area contributed by atoms with Crippen molar-refractivity contribution < 1.29 is 4.39 Å². The molecule has 0 spiro atoms. The summed E-state index contributed by atoms with van der Waals surface area (Å²) < 4.78 is 13.6. The van der Waals surface area contributed by atoms with Crippen LogP contribution >= 0.6 is 0 Å². The van der Waals surface area contributed by atoms with Crippen LogP contribution in [0.1, 0.15) is 34.6 Å². The maximum absolute atomic E-state index is 13.6. The van der Waals surface area contributed by atoms with Gasteiger partial charge in [-0.05, 0) is 55.6 Å². The molecule has 0 aliphatic heterocycles. The van der Waals surface area contributed by atoms with E-state index in [1.54, 1.807) is 12.1 Å². The number of rotatable bonds is 4. The number of halogens is 1. The summed E-state index contributed by atoms with van der Waals surface area (Å²) >= 11 is 0. The molecule has 0 radical (unpaired) electrons. The largest absolute Gasteiger partial charge is 0.330 e. The number of hydrogen-bond donors (Lipinski definition) is 1. The highest BCUT2D eigenvalue weighted by Crippen LogP contribution is 2.29. The van der Waals surface area contributed by atoms with Crippen LogP contribution in [0.15, 0.2) is 42.5 Å². The van der Waals surface area contributed by atoms with Crippen molar-refractivity contribution in [1.29, 1.82) is 0 Å². The van der Waals surface area contributed by atoms with E-state index >= 15 is 0 Å². The fourth-order valence-electron chi connectivity index (χ4n) is 2.55. The van der Waals surface area contributed by atoms with Gasteiger partial charge in [-0.2, -0.15) is 0 Å². The Morgan fingerprint density at radius 2 is 1.74 bits per heavy atom. The number of nitrogens with two attached hydrogens (primary N) is 1. The molecule has 0 aromatic heterocycles. The molecule has 0 saturated heterocycles. The highest BCUT2D eigenvalue weighted by molar-refractivity contribution is 5.36. The minimum Gasteiger partial charge on any atom is -0.330 e. The fraction of sp³-hybridized carbons (Fsp3) is 0.294. The number of benzene rings is 2. The van der Waals surface area contributed by atoms with E-state index in [-0.39, 0.29) is 11.7 Å². The van der Waals surface area contributed by atoms with E-state index in [1.165, 1.54) is 11.1 Å². The molecule has 0 heterocycles. The molecule has 2 rings (SSSR count). The topological polar surface area (TPSA) is 26.0 Å². The van der Waals surface area contributed by atoms with Crippen LogP contribution in [0.4, 0.5) is 4.39 Å². The lowest BCUT2D eigenvalue weighted by molar-refractivity contribution is 0.619. The van der Waals surface area contributed by atoms with E-state index in [4.69, 9.17) is 5.73 Å². The summed E-state index contributed by atoms with van der Waals surface area (Å²) in [6.45, 7) is 4.58. The summed E-state index contributed by atoms with van der Waals surface area (Å²) in [7, 11) is 0. The molecule has 0 amide bonds. The van der Waals surface area contributed by atoms with Crippen LogP contribution in [0, 0.1) is 19.7 Å². The summed E-state index contributed by atoms with van der Waals surface area (Å²) in [5.41, 5.74) is 10.1. The van der Waals surface area contributed by atoms with Crippen LogP contribution in [-0.4, -0.2) is 6.54 Å². The van der Waals surface area contributed by atoms with Gasteiger partial charge >= 0.3 is 0 Å². The van der Waals surface area contributed by atoms with Crippen LogP contribution in [0.5, 0.6) is 0 Å². The van der Waals surface area contributed by atoms with Crippen molar-refractivity contribution in [3.63, 3.8) is 0 Å². The van der Waals surface area contributed by atoms with Gasteiger partial charge < -0.3 is 5.73 Å². The first-order valence-electron chi connectivity index (χ1n) is 6.64. The van der Waals surface area contributed by atoms with Gasteiger partial charge in [0.05, 0.1) is 0 Å². The molecule has 2 aromatic rings. The average Bonchev–Trinajstić information content (AvgIpc) is 2.34. The summed E-state index contributed by atoms with van der Waals surface area (Å²) in [5.74, 6) is -0.0102. The second kappa shape index (κ2) is 5.98. The zero-order valence-electron chi connectivity index (χ0n) is 11.5. The fourth-order valence-corrected chi connectivity index (χ4v) is 2.55. The molecule has 2 aromatic carbocycles. The van der Waals surface area contributed by atoms with E-state index < -0.39 is 0 Å². The molecule has 0 bridgehead atoms. The van der Waals surface area contributed by atoms with Crippen LogP contribution in [-0.2, 0) is 0 Å². The summed E-state index contributed by atoms with van der Waals surface area (Å²) in [6, 6.07) is 13.6. The summed E-state index contributed by atoms with van der Waals surface area (Å²) in [4.78, 5) is 0. The van der Waals surface area contributed by atoms with Gasteiger partial charge in [0, 0.05) is 5.92 Å². The Kier molecular flexibility index (Phi) is 4.33. The first-order chi connectivity index (χ1) is 9.10. The predicted octanol–water partition coefficient (Wildman–Crippen LogP) is 3.92. The van der Waals surface area contributed by atoms with Gasteiger partial charge in [0.2, 0.25) is 0 Å². The van der Waals surface area contributed by atoms with Crippen molar-refractivity contribution in [2.45, 2.75) is 26.2 Å². The van der Waals surface area contributed by atoms with E-state index in [1.807, 2.05) is 19.1 Å². The molecule has 1 atom stereocenters. The van der Waals surface area contributed by atoms with Crippen molar-refractivity contribution in [2.75, 3.05) is 6.54 Å². The van der Waals surface area contributed by atoms with Crippen LogP contribution in [0.3, 0.4) is 0 Å². The molecule has 19 heavy (non-hydrogen) atoms. The molecule has 1 unspecified atom stereocenters. The van der Waals surface area contributed by atoms with Crippen molar-refractivity contribution >= 4 is 0 Å². The number of aryl methyl sites for hydroxylation is 2. The minimum absolute atomic E-state index is 0.166. The Bertz CT molecular complexity index is 543. The third-order valence-corrected chi connectivity index (χ3v) is 3.37. The molecule has 0 aliphatic rings. The Morgan fingerprint density at radius 1 is 1.00 bits per heavy atom. The molecule has 2 N–H and O–H groups in total. The van der Waals surface area contributed by atoms with Crippen LogP contribution in [0.2, 0.25) is 0 Å². The molecular weight excluding hydrogens is 237 g/mol. The van der Waals surface area contributed by atoms with Crippen molar-refractivity contribution in [1.82, 2.24) is 0 Å². The van der Waals surface area contributed by atoms with Gasteiger partial charge in [-0.15, -0.1) is 0 Å². The van der Waals surface area contributed by atoms with Crippen molar-refractivity contribution in [3.05, 3.63) is 70.5 Å². The number of hydrogen-bond acceptors (Lipinski definition) is 1. The monoisotopic (exact) mass is 257 g/mol. The maximum atomic E-state index is 13.6. The van der Waals surface area contributed by atoms with Crippen molar-refractivity contribution in [3.8, 4) is 0 Å². The lowest BCUT2D eigenvalue weighted by Crippen LogP contribution is -2.09.